The van der Waals surface area contributed by atoms with Gasteiger partial charge in [-0.3, -0.25) is 9.59 Å². The van der Waals surface area contributed by atoms with E-state index in [9.17, 15) is 27.6 Å². The van der Waals surface area contributed by atoms with Gasteiger partial charge in [0.2, 0.25) is 0 Å². The van der Waals surface area contributed by atoms with Gasteiger partial charge in [0.05, 0.1) is 22.9 Å². The van der Waals surface area contributed by atoms with Gasteiger partial charge < -0.3 is 28.9 Å². The number of rotatable bonds is 9. The molecule has 0 bridgehead atoms. The molecule has 12 heteroatoms. The normalized spacial score (nSPS) is 19.6. The van der Waals surface area contributed by atoms with Crippen LogP contribution in [0.15, 0.2) is 42.5 Å². The maximum atomic E-state index is 14.6. The predicted molar refractivity (Wildman–Crippen MR) is 172 cm³/mol. The molecule has 0 aliphatic carbocycles. The molecule has 3 amide bonds. The van der Waals surface area contributed by atoms with Crippen LogP contribution in [0.2, 0.25) is 0 Å². The summed E-state index contributed by atoms with van der Waals surface area (Å²) in [7, 11) is 3.03. The fourth-order valence-corrected chi connectivity index (χ4v) is 6.17. The Morgan fingerprint density at radius 1 is 1.09 bits per heavy atom. The number of benzene rings is 2. The Morgan fingerprint density at radius 3 is 2.38 bits per heavy atom. The van der Waals surface area contributed by atoms with Gasteiger partial charge in [-0.25, -0.2) is 4.79 Å². The zero-order chi connectivity index (χ0) is 34.7. The van der Waals surface area contributed by atoms with Crippen molar-refractivity contribution in [2.45, 2.75) is 83.7 Å². The molecule has 0 spiro atoms. The van der Waals surface area contributed by atoms with Crippen LogP contribution in [0.5, 0.6) is 5.75 Å². The Kier molecular flexibility index (Phi) is 10.8. The number of hydrogen-bond donors (Lipinski definition) is 0. The molecule has 4 rings (SSSR count). The Hall–Kier alpha value is -3.80. The number of methoxy groups -OCH3 is 1. The summed E-state index contributed by atoms with van der Waals surface area (Å²) in [5, 5.41) is 0. The SMILES string of the molecule is COCCCCN1C(=O)C(C)(C)Oc2cc(C(F)(F)F)c(C(=O)N(C)C3CN(C(=O)OC(C)(C)C)CCC3Cc3ccccc3)cc21. The van der Waals surface area contributed by atoms with Crippen molar-refractivity contribution in [3.05, 3.63) is 59.2 Å². The van der Waals surface area contributed by atoms with Gasteiger partial charge in [0.25, 0.3) is 11.8 Å². The summed E-state index contributed by atoms with van der Waals surface area (Å²) in [6.45, 7) is 9.42. The fourth-order valence-electron chi connectivity index (χ4n) is 6.17. The van der Waals surface area contributed by atoms with Gasteiger partial charge in [-0.2, -0.15) is 13.2 Å². The van der Waals surface area contributed by atoms with Crippen LogP contribution in [0.4, 0.5) is 23.7 Å². The van der Waals surface area contributed by atoms with Crippen molar-refractivity contribution in [2.24, 2.45) is 5.92 Å². The van der Waals surface area contributed by atoms with Crippen molar-refractivity contribution in [1.29, 1.82) is 0 Å². The van der Waals surface area contributed by atoms with Gasteiger partial charge in [0, 0.05) is 40.4 Å². The average molecular weight is 662 g/mol. The number of fused-ring (bicyclic) bond motifs is 1. The van der Waals surface area contributed by atoms with E-state index >= 15 is 0 Å². The number of ether oxygens (including phenoxy) is 3. The third-order valence-electron chi connectivity index (χ3n) is 8.56. The van der Waals surface area contributed by atoms with E-state index in [1.807, 2.05) is 30.3 Å². The van der Waals surface area contributed by atoms with Crippen LogP contribution in [0.3, 0.4) is 0 Å². The lowest BCUT2D eigenvalue weighted by molar-refractivity contribution is -0.138. The van der Waals surface area contributed by atoms with E-state index in [2.05, 4.69) is 0 Å². The van der Waals surface area contributed by atoms with Gasteiger partial charge in [-0.1, -0.05) is 30.3 Å². The smallest absolute Gasteiger partial charge is 0.417 e. The van der Waals surface area contributed by atoms with Crippen molar-refractivity contribution in [1.82, 2.24) is 9.80 Å². The number of likely N-dealkylation sites (tertiary alicyclic amines) is 1. The third-order valence-corrected chi connectivity index (χ3v) is 8.56. The number of anilines is 1. The minimum absolute atomic E-state index is 0.0857. The topological polar surface area (TPSA) is 88.6 Å². The number of amides is 3. The largest absolute Gasteiger partial charge is 0.476 e. The molecule has 2 aliphatic heterocycles. The number of likely N-dealkylation sites (N-methyl/N-ethyl adjacent to an activating group) is 1. The summed E-state index contributed by atoms with van der Waals surface area (Å²) in [6, 6.07) is 11.0. The zero-order valence-corrected chi connectivity index (χ0v) is 28.3. The van der Waals surface area contributed by atoms with Crippen LogP contribution in [0, 0.1) is 5.92 Å². The molecule has 2 heterocycles. The number of alkyl halides is 3. The Bertz CT molecular complexity index is 1440. The van der Waals surface area contributed by atoms with Crippen molar-refractivity contribution in [2.75, 3.05) is 45.3 Å². The second kappa shape index (κ2) is 14.1. The first-order chi connectivity index (χ1) is 21.9. The first-order valence-corrected chi connectivity index (χ1v) is 16.0. The molecule has 1 saturated heterocycles. The molecule has 2 aromatic rings. The first-order valence-electron chi connectivity index (χ1n) is 16.0. The minimum atomic E-state index is -4.89. The van der Waals surface area contributed by atoms with E-state index in [4.69, 9.17) is 14.2 Å². The lowest BCUT2D eigenvalue weighted by atomic mass is 9.85. The highest BCUT2D eigenvalue weighted by Gasteiger charge is 2.45. The molecule has 0 saturated carbocycles. The third kappa shape index (κ3) is 8.57. The summed E-state index contributed by atoms with van der Waals surface area (Å²) in [4.78, 5) is 45.0. The highest BCUT2D eigenvalue weighted by Crippen LogP contribution is 2.44. The van der Waals surface area contributed by atoms with Gasteiger partial charge in [0.15, 0.2) is 5.60 Å². The number of halogens is 3. The summed E-state index contributed by atoms with van der Waals surface area (Å²) in [6.07, 6.45) is -3.20. The van der Waals surface area contributed by atoms with Gasteiger partial charge in [0.1, 0.15) is 11.4 Å². The lowest BCUT2D eigenvalue weighted by Gasteiger charge is -2.43. The monoisotopic (exact) mass is 661 g/mol. The molecular weight excluding hydrogens is 615 g/mol. The molecule has 0 aromatic heterocycles. The number of nitrogens with zero attached hydrogens (tertiary/aromatic N) is 3. The van der Waals surface area contributed by atoms with E-state index in [1.165, 1.54) is 35.6 Å². The Labute approximate surface area is 274 Å². The number of piperidine rings is 1. The van der Waals surface area contributed by atoms with E-state index < -0.39 is 52.5 Å². The molecule has 258 valence electrons. The summed E-state index contributed by atoms with van der Waals surface area (Å²) in [5.41, 5.74) is -2.78. The molecule has 1 fully saturated rings. The molecular formula is C35H46F3N3O6. The molecule has 2 atom stereocenters. The number of carbonyl (C=O) groups is 3. The molecule has 2 aromatic carbocycles. The summed E-state index contributed by atoms with van der Waals surface area (Å²) in [5.74, 6) is -1.56. The number of hydrogen-bond acceptors (Lipinski definition) is 6. The van der Waals surface area contributed by atoms with Gasteiger partial charge in [-0.15, -0.1) is 0 Å². The van der Waals surface area contributed by atoms with Crippen molar-refractivity contribution in [3.8, 4) is 5.75 Å². The van der Waals surface area contributed by atoms with Crippen molar-refractivity contribution < 1.29 is 41.8 Å². The van der Waals surface area contributed by atoms with Crippen LogP contribution in [-0.2, 0) is 26.9 Å². The standard InChI is InChI=1S/C35H46F3N3O6/c1-33(2,3)47-32(44)40-17-15-24(19-23-13-9-8-10-14-23)28(22-40)39(6)30(42)25-20-27-29(21-26(25)35(36,37)38)46-34(4,5)31(43)41(27)16-11-12-18-45-7/h8-10,13-14,20-21,24,28H,11-12,15-19,22H2,1-7H3. The predicted octanol–water partition coefficient (Wildman–Crippen LogP) is 6.58. The Morgan fingerprint density at radius 2 is 1.77 bits per heavy atom. The van der Waals surface area contributed by atoms with Crippen molar-refractivity contribution in [3.63, 3.8) is 0 Å². The van der Waals surface area contributed by atoms with Crippen molar-refractivity contribution >= 4 is 23.6 Å². The number of carbonyl (C=O) groups excluding carboxylic acids is 3. The lowest BCUT2D eigenvalue weighted by Crippen LogP contribution is -2.56. The summed E-state index contributed by atoms with van der Waals surface area (Å²) < 4.78 is 60.4. The van der Waals surface area contributed by atoms with E-state index in [-0.39, 0.29) is 30.4 Å². The molecule has 2 aliphatic rings. The van der Waals surface area contributed by atoms with E-state index in [1.54, 1.807) is 27.9 Å². The number of unbranched alkanes of at least 4 members (excludes halogenated alkanes) is 1. The van der Waals surface area contributed by atoms with Crippen LogP contribution in [-0.4, -0.2) is 85.3 Å². The van der Waals surface area contributed by atoms with E-state index in [0.717, 1.165) is 17.7 Å². The molecule has 0 N–H and O–H groups in total. The molecule has 0 radical (unpaired) electrons. The minimum Gasteiger partial charge on any atom is -0.476 e. The van der Waals surface area contributed by atoms with E-state index in [0.29, 0.717) is 38.8 Å². The van der Waals surface area contributed by atoms with Crippen LogP contribution in [0.25, 0.3) is 0 Å². The maximum absolute atomic E-state index is 14.6. The van der Waals surface area contributed by atoms with Gasteiger partial charge in [-0.05, 0) is 83.9 Å². The first kappa shape index (κ1) is 36.0. The molecule has 9 nitrogen and oxygen atoms in total. The second-order valence-corrected chi connectivity index (χ2v) is 13.8. The fraction of sp³-hybridized carbons (Fsp3) is 0.571. The van der Waals surface area contributed by atoms with Gasteiger partial charge >= 0.3 is 12.3 Å². The summed E-state index contributed by atoms with van der Waals surface area (Å²) >= 11 is 0. The Balaban J connectivity index is 1.74. The quantitative estimate of drug-likeness (QED) is 0.283. The highest BCUT2D eigenvalue weighted by molar-refractivity contribution is 6.05. The molecule has 2 unspecified atom stereocenters. The van der Waals surface area contributed by atoms with Crippen LogP contribution < -0.4 is 9.64 Å². The zero-order valence-electron chi connectivity index (χ0n) is 28.3. The highest BCUT2D eigenvalue weighted by atomic mass is 19.4. The maximum Gasteiger partial charge on any atom is 0.417 e. The second-order valence-electron chi connectivity index (χ2n) is 13.8. The average Bonchev–Trinajstić information content (AvgIpc) is 2.99. The molecule has 47 heavy (non-hydrogen) atoms. The van der Waals surface area contributed by atoms with Crippen LogP contribution >= 0.6 is 0 Å². The van der Waals surface area contributed by atoms with Crippen LogP contribution in [0.1, 0.15) is 75.4 Å².